The molecule has 0 fully saturated rings. The van der Waals surface area contributed by atoms with E-state index in [-0.39, 0.29) is 0 Å². The fraction of sp³-hybridized carbons (Fsp3) is 0.357. The van der Waals surface area contributed by atoms with Gasteiger partial charge in [-0.05, 0) is 31.7 Å². The molecule has 1 aliphatic carbocycles. The van der Waals surface area contributed by atoms with Crippen LogP contribution >= 0.6 is 23.1 Å². The molecule has 0 radical (unpaired) electrons. The van der Waals surface area contributed by atoms with Crippen molar-refractivity contribution in [3.05, 3.63) is 33.9 Å². The van der Waals surface area contributed by atoms with E-state index in [0.717, 1.165) is 28.5 Å². The zero-order chi connectivity index (χ0) is 13.9. The van der Waals surface area contributed by atoms with Crippen LogP contribution in [0.25, 0.3) is 0 Å². The maximum Gasteiger partial charge on any atom is 0.345 e. The molecule has 3 rings (SSSR count). The van der Waals surface area contributed by atoms with E-state index >= 15 is 0 Å². The van der Waals surface area contributed by atoms with Crippen molar-refractivity contribution in [2.45, 2.75) is 42.0 Å². The highest BCUT2D eigenvalue weighted by Gasteiger charge is 2.16. The van der Waals surface area contributed by atoms with Gasteiger partial charge in [-0.25, -0.2) is 14.8 Å². The van der Waals surface area contributed by atoms with Crippen LogP contribution in [0.2, 0.25) is 0 Å². The second-order valence-corrected chi connectivity index (χ2v) is 6.69. The molecule has 0 bridgehead atoms. The molecule has 0 aromatic carbocycles. The average molecular weight is 306 g/mol. The quantitative estimate of drug-likeness (QED) is 0.692. The van der Waals surface area contributed by atoms with E-state index in [1.54, 1.807) is 24.2 Å². The number of hydrogen-bond donors (Lipinski definition) is 1. The van der Waals surface area contributed by atoms with Crippen molar-refractivity contribution in [2.24, 2.45) is 0 Å². The van der Waals surface area contributed by atoms with Crippen molar-refractivity contribution in [3.63, 3.8) is 0 Å². The fourth-order valence-electron chi connectivity index (χ4n) is 2.35. The average Bonchev–Trinajstić information content (AvgIpc) is 2.76. The predicted octanol–water partition coefficient (Wildman–Crippen LogP) is 3.66. The van der Waals surface area contributed by atoms with Crippen LogP contribution in [0.5, 0.6) is 0 Å². The first-order chi connectivity index (χ1) is 9.74. The number of rotatable bonds is 3. The molecule has 0 saturated heterocycles. The number of nitrogens with zero attached hydrogens (tertiary/aromatic N) is 2. The van der Waals surface area contributed by atoms with Gasteiger partial charge in [0.05, 0.1) is 0 Å². The number of carbonyl (C=O) groups is 1. The minimum Gasteiger partial charge on any atom is -0.477 e. The number of fused-ring (bicyclic) bond motifs is 1. The second kappa shape index (κ2) is 5.93. The van der Waals surface area contributed by atoms with Crippen LogP contribution in [0.1, 0.15) is 40.2 Å². The van der Waals surface area contributed by atoms with Gasteiger partial charge in [0, 0.05) is 21.5 Å². The molecular formula is C14H14N2O2S2. The first-order valence-corrected chi connectivity index (χ1v) is 8.26. The Morgan fingerprint density at radius 3 is 2.90 bits per heavy atom. The Balaban J connectivity index is 1.88. The predicted molar refractivity (Wildman–Crippen MR) is 78.7 cm³/mol. The highest BCUT2D eigenvalue weighted by molar-refractivity contribution is 7.99. The number of carboxylic acids is 1. The first kappa shape index (κ1) is 13.6. The van der Waals surface area contributed by atoms with E-state index < -0.39 is 5.97 Å². The summed E-state index contributed by atoms with van der Waals surface area (Å²) in [6.07, 6.45) is 7.27. The molecule has 4 nitrogen and oxygen atoms in total. The molecule has 2 aromatic heterocycles. The van der Waals surface area contributed by atoms with Crippen LogP contribution < -0.4 is 0 Å². The van der Waals surface area contributed by atoms with Crippen LogP contribution in [0.4, 0.5) is 0 Å². The normalized spacial score (nSPS) is 14.6. The van der Waals surface area contributed by atoms with Crippen molar-refractivity contribution in [2.75, 3.05) is 0 Å². The van der Waals surface area contributed by atoms with E-state index in [1.165, 1.54) is 36.2 Å². The monoisotopic (exact) mass is 306 g/mol. The Labute approximate surface area is 125 Å². The Hall–Kier alpha value is -1.40. The van der Waals surface area contributed by atoms with Gasteiger partial charge in [-0.2, -0.15) is 0 Å². The van der Waals surface area contributed by atoms with Gasteiger partial charge in [0.2, 0.25) is 0 Å². The molecule has 0 amide bonds. The zero-order valence-electron chi connectivity index (χ0n) is 10.8. The largest absolute Gasteiger partial charge is 0.477 e. The summed E-state index contributed by atoms with van der Waals surface area (Å²) in [6, 6.07) is 1.71. The number of aromatic nitrogens is 2. The van der Waals surface area contributed by atoms with E-state index in [2.05, 4.69) is 9.97 Å². The van der Waals surface area contributed by atoms with E-state index in [9.17, 15) is 4.79 Å². The molecule has 2 heterocycles. The maximum absolute atomic E-state index is 10.9. The number of aromatic carboxylic acids is 1. The van der Waals surface area contributed by atoms with Crippen LogP contribution in [-0.2, 0) is 12.8 Å². The summed E-state index contributed by atoms with van der Waals surface area (Å²) < 4.78 is 0. The van der Waals surface area contributed by atoms with Crippen LogP contribution in [0.15, 0.2) is 27.7 Å². The lowest BCUT2D eigenvalue weighted by Crippen LogP contribution is -1.99. The molecule has 0 saturated carbocycles. The van der Waals surface area contributed by atoms with Crippen molar-refractivity contribution in [1.82, 2.24) is 9.97 Å². The number of aryl methyl sites for hydroxylation is 1. The van der Waals surface area contributed by atoms with Gasteiger partial charge in [-0.1, -0.05) is 18.2 Å². The van der Waals surface area contributed by atoms with Crippen molar-refractivity contribution >= 4 is 29.1 Å². The molecule has 104 valence electrons. The smallest absolute Gasteiger partial charge is 0.345 e. The molecule has 1 N–H and O–H groups in total. The summed E-state index contributed by atoms with van der Waals surface area (Å²) in [6.45, 7) is 0. The SMILES string of the molecule is O=C(O)c1cc(Sc2ncnc3c2CCCCC3)cs1. The topological polar surface area (TPSA) is 63.1 Å². The Morgan fingerprint density at radius 2 is 2.10 bits per heavy atom. The molecule has 1 aliphatic rings. The Bertz CT molecular complexity index is 640. The lowest BCUT2D eigenvalue weighted by Gasteiger charge is -2.08. The highest BCUT2D eigenvalue weighted by Crippen LogP contribution is 2.34. The van der Waals surface area contributed by atoms with E-state index in [0.29, 0.717) is 4.88 Å². The van der Waals surface area contributed by atoms with Gasteiger partial charge in [-0.15, -0.1) is 11.3 Å². The summed E-state index contributed by atoms with van der Waals surface area (Å²) in [5.41, 5.74) is 2.41. The standard InChI is InChI=1S/C14H14N2O2S2/c17-14(18)12-6-9(7-19-12)20-13-10-4-2-1-3-5-11(10)15-8-16-13/h6-8H,1-5H2,(H,17,18). The number of carboxylic acid groups (broad SMARTS) is 1. The molecule has 0 aliphatic heterocycles. The zero-order valence-corrected chi connectivity index (χ0v) is 12.5. The molecule has 0 spiro atoms. The first-order valence-electron chi connectivity index (χ1n) is 6.56. The van der Waals surface area contributed by atoms with Gasteiger partial charge in [0.25, 0.3) is 0 Å². The third-order valence-electron chi connectivity index (χ3n) is 3.34. The summed E-state index contributed by atoms with van der Waals surface area (Å²) in [7, 11) is 0. The van der Waals surface area contributed by atoms with Gasteiger partial charge in [0.15, 0.2) is 0 Å². The molecule has 20 heavy (non-hydrogen) atoms. The Kier molecular flexibility index (Phi) is 4.03. The lowest BCUT2D eigenvalue weighted by molar-refractivity contribution is 0.0702. The van der Waals surface area contributed by atoms with Crippen molar-refractivity contribution < 1.29 is 9.90 Å². The molecule has 6 heteroatoms. The summed E-state index contributed by atoms with van der Waals surface area (Å²) in [5.74, 6) is -0.872. The third-order valence-corrected chi connectivity index (χ3v) is 5.42. The van der Waals surface area contributed by atoms with E-state index in [1.807, 2.05) is 5.38 Å². The van der Waals surface area contributed by atoms with Crippen LogP contribution in [0, 0.1) is 0 Å². The summed E-state index contributed by atoms with van der Waals surface area (Å²) in [5, 5.41) is 11.8. The van der Waals surface area contributed by atoms with Crippen LogP contribution in [-0.4, -0.2) is 21.0 Å². The lowest BCUT2D eigenvalue weighted by atomic mass is 10.1. The molecule has 0 unspecified atom stereocenters. The second-order valence-electron chi connectivity index (χ2n) is 4.72. The van der Waals surface area contributed by atoms with E-state index in [4.69, 9.17) is 5.11 Å². The summed E-state index contributed by atoms with van der Waals surface area (Å²) >= 11 is 2.80. The highest BCUT2D eigenvalue weighted by atomic mass is 32.2. The molecule has 0 atom stereocenters. The number of thiophene rings is 1. The fourth-order valence-corrected chi connectivity index (χ4v) is 4.21. The van der Waals surface area contributed by atoms with Crippen molar-refractivity contribution in [3.8, 4) is 0 Å². The number of hydrogen-bond acceptors (Lipinski definition) is 5. The maximum atomic E-state index is 10.9. The molecular weight excluding hydrogens is 292 g/mol. The van der Waals surface area contributed by atoms with Gasteiger partial charge < -0.3 is 5.11 Å². The minimum atomic E-state index is -0.872. The van der Waals surface area contributed by atoms with Gasteiger partial charge in [-0.3, -0.25) is 0 Å². The Morgan fingerprint density at radius 1 is 1.25 bits per heavy atom. The van der Waals surface area contributed by atoms with Gasteiger partial charge in [0.1, 0.15) is 16.2 Å². The van der Waals surface area contributed by atoms with Crippen LogP contribution in [0.3, 0.4) is 0 Å². The van der Waals surface area contributed by atoms with Crippen molar-refractivity contribution in [1.29, 1.82) is 0 Å². The summed E-state index contributed by atoms with van der Waals surface area (Å²) in [4.78, 5) is 21.0. The third kappa shape index (κ3) is 2.86. The minimum absolute atomic E-state index is 0.368. The molecule has 2 aromatic rings. The van der Waals surface area contributed by atoms with Gasteiger partial charge >= 0.3 is 5.97 Å².